The SMILES string of the molecule is COc1ncc(C)cc1N.COc1ncc(C)cc1[N+](=O)[O-]. The number of pyridine rings is 2. The second-order valence-corrected chi connectivity index (χ2v) is 4.41. The van der Waals surface area contributed by atoms with E-state index in [9.17, 15) is 10.1 Å². The van der Waals surface area contributed by atoms with Crippen LogP contribution in [0.3, 0.4) is 0 Å². The van der Waals surface area contributed by atoms with E-state index >= 15 is 0 Å². The first-order chi connectivity index (χ1) is 10.4. The maximum Gasteiger partial charge on any atom is 0.331 e. The number of rotatable bonds is 3. The van der Waals surface area contributed by atoms with Crippen LogP contribution < -0.4 is 15.2 Å². The predicted molar refractivity (Wildman–Crippen MR) is 82.1 cm³/mol. The molecule has 2 rings (SSSR count). The molecule has 0 fully saturated rings. The monoisotopic (exact) mass is 306 g/mol. The first kappa shape index (κ1) is 17.2. The average molecular weight is 306 g/mol. The van der Waals surface area contributed by atoms with Crippen molar-refractivity contribution in [3.63, 3.8) is 0 Å². The molecule has 8 heteroatoms. The van der Waals surface area contributed by atoms with Gasteiger partial charge in [-0.15, -0.1) is 0 Å². The van der Waals surface area contributed by atoms with Gasteiger partial charge >= 0.3 is 5.69 Å². The normalized spacial score (nSPS) is 9.45. The Bertz CT molecular complexity index is 661. The number of nitrogen functional groups attached to an aromatic ring is 1. The summed E-state index contributed by atoms with van der Waals surface area (Å²) < 4.78 is 9.57. The zero-order valence-electron chi connectivity index (χ0n) is 12.9. The molecule has 0 saturated carbocycles. The van der Waals surface area contributed by atoms with Crippen LogP contribution in [0.5, 0.6) is 11.8 Å². The van der Waals surface area contributed by atoms with Crippen molar-refractivity contribution in [2.75, 3.05) is 20.0 Å². The molecule has 2 aromatic heterocycles. The molecule has 2 N–H and O–H groups in total. The Labute approximate surface area is 128 Å². The number of anilines is 1. The van der Waals surface area contributed by atoms with Gasteiger partial charge in [0.1, 0.15) is 0 Å². The van der Waals surface area contributed by atoms with Crippen molar-refractivity contribution in [3.05, 3.63) is 45.8 Å². The van der Waals surface area contributed by atoms with E-state index in [-0.39, 0.29) is 11.6 Å². The van der Waals surface area contributed by atoms with Crippen LogP contribution in [0.1, 0.15) is 11.1 Å². The third-order valence-electron chi connectivity index (χ3n) is 2.57. The van der Waals surface area contributed by atoms with Gasteiger partial charge in [-0.3, -0.25) is 10.1 Å². The van der Waals surface area contributed by atoms with Crippen LogP contribution in [0, 0.1) is 24.0 Å². The predicted octanol–water partition coefficient (Wildman–Crippen LogP) is 2.29. The fraction of sp³-hybridized carbons (Fsp3) is 0.286. The zero-order valence-corrected chi connectivity index (χ0v) is 12.9. The summed E-state index contributed by atoms with van der Waals surface area (Å²) in [5.41, 5.74) is 7.81. The quantitative estimate of drug-likeness (QED) is 0.683. The average Bonchev–Trinajstić information content (AvgIpc) is 2.48. The molecular formula is C14H18N4O4. The Morgan fingerprint density at radius 2 is 1.55 bits per heavy atom. The molecule has 22 heavy (non-hydrogen) atoms. The van der Waals surface area contributed by atoms with Crippen LogP contribution in [0.25, 0.3) is 0 Å². The van der Waals surface area contributed by atoms with E-state index in [0.29, 0.717) is 11.6 Å². The lowest BCUT2D eigenvalue weighted by atomic mass is 10.3. The fourth-order valence-corrected chi connectivity index (χ4v) is 1.58. The second-order valence-electron chi connectivity index (χ2n) is 4.41. The van der Waals surface area contributed by atoms with Gasteiger partial charge in [-0.1, -0.05) is 0 Å². The molecule has 0 radical (unpaired) electrons. The minimum atomic E-state index is -0.515. The maximum atomic E-state index is 10.4. The lowest BCUT2D eigenvalue weighted by Crippen LogP contribution is -1.96. The molecule has 0 aliphatic carbocycles. The van der Waals surface area contributed by atoms with Crippen molar-refractivity contribution < 1.29 is 14.4 Å². The standard InChI is InChI=1S/C7H8N2O3.C7H10N2O/c1-5-3-6(9(10)11)7(12-2)8-4-5;1-5-3-6(8)7(10-2)9-4-5/h3-4H,1-2H3;3-4H,8H2,1-2H3. The van der Waals surface area contributed by atoms with E-state index in [1.165, 1.54) is 19.4 Å². The molecule has 118 valence electrons. The molecular weight excluding hydrogens is 288 g/mol. The molecule has 0 bridgehead atoms. The Kier molecular flexibility index (Phi) is 6.06. The van der Waals surface area contributed by atoms with E-state index in [0.717, 1.165) is 11.1 Å². The molecule has 0 saturated heterocycles. The van der Waals surface area contributed by atoms with E-state index in [2.05, 4.69) is 9.97 Å². The molecule has 0 aliphatic rings. The third kappa shape index (κ3) is 4.58. The Hall–Kier alpha value is -2.90. The van der Waals surface area contributed by atoms with Crippen molar-refractivity contribution in [3.8, 4) is 11.8 Å². The highest BCUT2D eigenvalue weighted by Crippen LogP contribution is 2.23. The number of hydrogen-bond donors (Lipinski definition) is 1. The number of methoxy groups -OCH3 is 2. The lowest BCUT2D eigenvalue weighted by Gasteiger charge is -2.01. The van der Waals surface area contributed by atoms with Gasteiger partial charge < -0.3 is 15.2 Å². The number of ether oxygens (including phenoxy) is 2. The summed E-state index contributed by atoms with van der Waals surface area (Å²) in [7, 11) is 2.90. The first-order valence-electron chi connectivity index (χ1n) is 6.30. The van der Waals surface area contributed by atoms with Gasteiger partial charge in [0.25, 0.3) is 5.88 Å². The van der Waals surface area contributed by atoms with E-state index in [1.807, 2.05) is 13.0 Å². The highest BCUT2D eigenvalue weighted by molar-refractivity contribution is 5.49. The molecule has 0 amide bonds. The molecule has 2 heterocycles. The number of nitrogens with two attached hydrogens (primary N) is 1. The summed E-state index contributed by atoms with van der Waals surface area (Å²) in [5, 5.41) is 10.4. The zero-order chi connectivity index (χ0) is 16.7. The van der Waals surface area contributed by atoms with E-state index < -0.39 is 4.92 Å². The molecule has 2 aromatic rings. The number of hydrogen-bond acceptors (Lipinski definition) is 7. The molecule has 8 nitrogen and oxygen atoms in total. The van der Waals surface area contributed by atoms with Gasteiger partial charge in [0, 0.05) is 18.5 Å². The van der Waals surface area contributed by atoms with Gasteiger partial charge in [-0.25, -0.2) is 9.97 Å². The Morgan fingerprint density at radius 3 is 2.00 bits per heavy atom. The summed E-state index contributed by atoms with van der Waals surface area (Å²) in [4.78, 5) is 17.6. The van der Waals surface area contributed by atoms with Crippen LogP contribution in [0.15, 0.2) is 24.5 Å². The topological polar surface area (TPSA) is 113 Å². The van der Waals surface area contributed by atoms with Crippen LogP contribution >= 0.6 is 0 Å². The van der Waals surface area contributed by atoms with Crippen molar-refractivity contribution >= 4 is 11.4 Å². The second kappa shape index (κ2) is 7.77. The van der Waals surface area contributed by atoms with Gasteiger partial charge in [-0.2, -0.15) is 0 Å². The van der Waals surface area contributed by atoms with Gasteiger partial charge in [-0.05, 0) is 31.0 Å². The third-order valence-corrected chi connectivity index (χ3v) is 2.57. The van der Waals surface area contributed by atoms with Crippen molar-refractivity contribution in [1.29, 1.82) is 0 Å². The van der Waals surface area contributed by atoms with Crippen molar-refractivity contribution in [2.45, 2.75) is 13.8 Å². The fourth-order valence-electron chi connectivity index (χ4n) is 1.58. The summed E-state index contributed by atoms with van der Waals surface area (Å²) in [5.74, 6) is 0.538. The van der Waals surface area contributed by atoms with Crippen LogP contribution in [0.4, 0.5) is 11.4 Å². The summed E-state index contributed by atoms with van der Waals surface area (Å²) in [6, 6.07) is 3.25. The number of aromatic nitrogens is 2. The smallest absolute Gasteiger partial charge is 0.331 e. The molecule has 0 spiro atoms. The van der Waals surface area contributed by atoms with Crippen molar-refractivity contribution in [2.24, 2.45) is 0 Å². The number of aryl methyl sites for hydroxylation is 2. The van der Waals surface area contributed by atoms with Crippen LogP contribution in [0.2, 0.25) is 0 Å². The molecule has 0 atom stereocenters. The highest BCUT2D eigenvalue weighted by atomic mass is 16.6. The highest BCUT2D eigenvalue weighted by Gasteiger charge is 2.15. The van der Waals surface area contributed by atoms with E-state index in [1.54, 1.807) is 20.2 Å². The summed E-state index contributed by atoms with van der Waals surface area (Å²) >= 11 is 0. The Morgan fingerprint density at radius 1 is 1.05 bits per heavy atom. The lowest BCUT2D eigenvalue weighted by molar-refractivity contribution is -0.386. The maximum absolute atomic E-state index is 10.4. The summed E-state index contributed by atoms with van der Waals surface area (Å²) in [6.45, 7) is 3.67. The molecule has 0 unspecified atom stereocenters. The number of nitrogens with zero attached hydrogens (tertiary/aromatic N) is 3. The minimum absolute atomic E-state index is 0.0469. The number of nitro groups is 1. The first-order valence-corrected chi connectivity index (χ1v) is 6.30. The molecule has 0 aliphatic heterocycles. The van der Waals surface area contributed by atoms with Crippen molar-refractivity contribution in [1.82, 2.24) is 9.97 Å². The van der Waals surface area contributed by atoms with Crippen LogP contribution in [-0.4, -0.2) is 29.1 Å². The van der Waals surface area contributed by atoms with Gasteiger partial charge in [0.05, 0.1) is 24.8 Å². The molecule has 0 aromatic carbocycles. The van der Waals surface area contributed by atoms with Crippen LogP contribution in [-0.2, 0) is 0 Å². The summed E-state index contributed by atoms with van der Waals surface area (Å²) in [6.07, 6.45) is 3.24. The minimum Gasteiger partial charge on any atom is -0.480 e. The largest absolute Gasteiger partial charge is 0.480 e. The van der Waals surface area contributed by atoms with E-state index in [4.69, 9.17) is 15.2 Å². The van der Waals surface area contributed by atoms with Gasteiger partial charge in [0.15, 0.2) is 0 Å². The van der Waals surface area contributed by atoms with Gasteiger partial charge in [0.2, 0.25) is 5.88 Å². The Balaban J connectivity index is 0.000000224.